The molecule has 0 atom stereocenters. The molecule has 1 aromatic carbocycles. The number of rotatable bonds is 4. The molecule has 0 fully saturated rings. The molecule has 3 heterocycles. The quantitative estimate of drug-likeness (QED) is 0.377. The van der Waals surface area contributed by atoms with Crippen molar-refractivity contribution in [3.8, 4) is 11.3 Å². The van der Waals surface area contributed by atoms with Crippen molar-refractivity contribution in [1.82, 2.24) is 19.6 Å². The largest absolute Gasteiger partial charge is 0.433 e. The Morgan fingerprint density at radius 3 is 2.55 bits per heavy atom. The molecular formula is C20H12F4N4O. The molecule has 3 aromatic heterocycles. The minimum Gasteiger partial charge on any atom is -0.292 e. The van der Waals surface area contributed by atoms with Crippen molar-refractivity contribution >= 4 is 11.4 Å². The molecule has 9 heteroatoms. The first-order chi connectivity index (χ1) is 13.8. The Bertz CT molecular complexity index is 1220. The summed E-state index contributed by atoms with van der Waals surface area (Å²) in [5, 5.41) is 4.21. The van der Waals surface area contributed by atoms with E-state index in [1.54, 1.807) is 18.2 Å². The molecule has 5 nitrogen and oxygen atoms in total. The Morgan fingerprint density at radius 2 is 1.79 bits per heavy atom. The first-order valence-electron chi connectivity index (χ1n) is 8.49. The number of benzene rings is 1. The number of imidazole rings is 1. The highest BCUT2D eigenvalue weighted by molar-refractivity contribution is 5.95. The number of aromatic nitrogens is 4. The number of hydrogen-bond acceptors (Lipinski definition) is 4. The Morgan fingerprint density at radius 1 is 1.00 bits per heavy atom. The van der Waals surface area contributed by atoms with Gasteiger partial charge in [0.05, 0.1) is 18.3 Å². The molecule has 0 unspecified atom stereocenters. The highest BCUT2D eigenvalue weighted by Gasteiger charge is 2.32. The maximum Gasteiger partial charge on any atom is 0.433 e. The van der Waals surface area contributed by atoms with E-state index in [0.717, 1.165) is 6.07 Å². The summed E-state index contributed by atoms with van der Waals surface area (Å²) in [4.78, 5) is 20.2. The third kappa shape index (κ3) is 3.71. The Labute approximate surface area is 161 Å². The van der Waals surface area contributed by atoms with Gasteiger partial charge < -0.3 is 0 Å². The molecule has 0 spiro atoms. The smallest absolute Gasteiger partial charge is 0.292 e. The maximum atomic E-state index is 14.1. The van der Waals surface area contributed by atoms with Gasteiger partial charge in [0.25, 0.3) is 0 Å². The van der Waals surface area contributed by atoms with Crippen LogP contribution in [-0.4, -0.2) is 25.4 Å². The molecule has 0 aliphatic rings. The van der Waals surface area contributed by atoms with Gasteiger partial charge in [-0.2, -0.15) is 18.3 Å². The second-order valence-corrected chi connectivity index (χ2v) is 6.22. The van der Waals surface area contributed by atoms with E-state index in [4.69, 9.17) is 0 Å². The lowest BCUT2D eigenvalue weighted by Crippen LogP contribution is -2.13. The number of hydrogen-bond donors (Lipinski definition) is 0. The molecule has 0 aliphatic carbocycles. The highest BCUT2D eigenvalue weighted by Crippen LogP contribution is 2.27. The van der Waals surface area contributed by atoms with Crippen LogP contribution in [0.4, 0.5) is 17.6 Å². The predicted molar refractivity (Wildman–Crippen MR) is 95.7 cm³/mol. The fraction of sp³-hybridized carbons (Fsp3) is 0.100. The number of carbonyl (C=O) groups is 1. The topological polar surface area (TPSA) is 60.2 Å². The monoisotopic (exact) mass is 400 g/mol. The number of ketones is 1. The lowest BCUT2D eigenvalue weighted by atomic mass is 10.1. The van der Waals surface area contributed by atoms with Gasteiger partial charge >= 0.3 is 6.18 Å². The zero-order valence-corrected chi connectivity index (χ0v) is 14.7. The van der Waals surface area contributed by atoms with Crippen molar-refractivity contribution in [1.29, 1.82) is 0 Å². The van der Waals surface area contributed by atoms with E-state index in [1.807, 2.05) is 0 Å². The van der Waals surface area contributed by atoms with Crippen LogP contribution in [0.25, 0.3) is 16.9 Å². The zero-order valence-electron chi connectivity index (χ0n) is 14.7. The van der Waals surface area contributed by atoms with Gasteiger partial charge in [-0.1, -0.05) is 18.2 Å². The minimum atomic E-state index is -4.60. The third-order valence-corrected chi connectivity index (χ3v) is 4.24. The summed E-state index contributed by atoms with van der Waals surface area (Å²) >= 11 is 0. The van der Waals surface area contributed by atoms with Gasteiger partial charge in [-0.25, -0.2) is 18.9 Å². The molecule has 0 radical (unpaired) electrons. The van der Waals surface area contributed by atoms with Gasteiger partial charge in [0, 0.05) is 11.3 Å². The van der Waals surface area contributed by atoms with Crippen LogP contribution in [0.3, 0.4) is 0 Å². The third-order valence-electron chi connectivity index (χ3n) is 4.24. The van der Waals surface area contributed by atoms with Crippen LogP contribution in [-0.2, 0) is 12.6 Å². The van der Waals surface area contributed by atoms with Crippen LogP contribution < -0.4 is 0 Å². The second-order valence-electron chi connectivity index (χ2n) is 6.22. The summed E-state index contributed by atoms with van der Waals surface area (Å²) in [6.07, 6.45) is -3.52. The van der Waals surface area contributed by atoms with E-state index in [0.29, 0.717) is 11.3 Å². The molecular weight excluding hydrogens is 388 g/mol. The average molecular weight is 400 g/mol. The van der Waals surface area contributed by atoms with Crippen molar-refractivity contribution < 1.29 is 22.4 Å². The second kappa shape index (κ2) is 7.08. The van der Waals surface area contributed by atoms with Crippen LogP contribution in [0.2, 0.25) is 0 Å². The Balaban J connectivity index is 1.67. The van der Waals surface area contributed by atoms with E-state index >= 15 is 0 Å². The Kier molecular flexibility index (Phi) is 4.57. The lowest BCUT2D eigenvalue weighted by Gasteiger charge is -2.08. The van der Waals surface area contributed by atoms with Crippen molar-refractivity contribution in [2.75, 3.05) is 0 Å². The number of nitrogens with zero attached hydrogens (tertiary/aromatic N) is 4. The molecule has 4 rings (SSSR count). The molecule has 4 aromatic rings. The number of carbonyl (C=O) groups excluding carboxylic acids is 1. The molecule has 0 amide bonds. The van der Waals surface area contributed by atoms with E-state index in [-0.39, 0.29) is 23.4 Å². The van der Waals surface area contributed by atoms with Crippen LogP contribution in [0, 0.1) is 5.82 Å². The summed E-state index contributed by atoms with van der Waals surface area (Å²) in [7, 11) is 0. The average Bonchev–Trinajstić information content (AvgIpc) is 3.11. The summed E-state index contributed by atoms with van der Waals surface area (Å²) in [5.74, 6) is -0.993. The fourth-order valence-corrected chi connectivity index (χ4v) is 2.87. The number of alkyl halides is 3. The SMILES string of the molecule is O=C(Cc1cccc(C(F)(F)F)n1)c1ccc2ncc(-c3ccccc3F)n2n1. The fourth-order valence-electron chi connectivity index (χ4n) is 2.87. The summed E-state index contributed by atoms with van der Waals surface area (Å²) in [6, 6.07) is 12.4. The van der Waals surface area contributed by atoms with E-state index in [9.17, 15) is 22.4 Å². The van der Waals surface area contributed by atoms with Crippen molar-refractivity contribution in [2.45, 2.75) is 12.6 Å². The molecule has 0 saturated heterocycles. The van der Waals surface area contributed by atoms with Crippen LogP contribution in [0.1, 0.15) is 21.9 Å². The molecule has 29 heavy (non-hydrogen) atoms. The van der Waals surface area contributed by atoms with Gasteiger partial charge in [-0.05, 0) is 36.4 Å². The molecule has 0 saturated carbocycles. The van der Waals surface area contributed by atoms with Crippen molar-refractivity contribution in [3.05, 3.63) is 83.7 Å². The molecule has 0 N–H and O–H groups in total. The summed E-state index contributed by atoms with van der Waals surface area (Å²) < 4.78 is 53.9. The van der Waals surface area contributed by atoms with Crippen molar-refractivity contribution in [3.63, 3.8) is 0 Å². The summed E-state index contributed by atoms with van der Waals surface area (Å²) in [6.45, 7) is 0. The lowest BCUT2D eigenvalue weighted by molar-refractivity contribution is -0.141. The van der Waals surface area contributed by atoms with Crippen molar-refractivity contribution in [2.24, 2.45) is 0 Å². The summed E-state index contributed by atoms with van der Waals surface area (Å²) in [5.41, 5.74) is -0.0692. The highest BCUT2D eigenvalue weighted by atomic mass is 19.4. The van der Waals surface area contributed by atoms with Gasteiger partial charge in [0.1, 0.15) is 17.2 Å². The van der Waals surface area contributed by atoms with Crippen LogP contribution in [0.5, 0.6) is 0 Å². The zero-order chi connectivity index (χ0) is 20.6. The van der Waals surface area contributed by atoms with Gasteiger partial charge in [-0.3, -0.25) is 4.79 Å². The minimum absolute atomic E-state index is 0.00676. The molecule has 0 bridgehead atoms. The van der Waals surface area contributed by atoms with Gasteiger partial charge in [0.2, 0.25) is 0 Å². The first kappa shape index (κ1) is 18.7. The van der Waals surface area contributed by atoms with Gasteiger partial charge in [-0.15, -0.1) is 0 Å². The number of fused-ring (bicyclic) bond motifs is 1. The predicted octanol–water partition coefficient (Wildman–Crippen LogP) is 4.37. The number of halogens is 4. The van der Waals surface area contributed by atoms with Gasteiger partial charge in [0.15, 0.2) is 11.4 Å². The first-order valence-corrected chi connectivity index (χ1v) is 8.49. The molecule has 0 aliphatic heterocycles. The standard InChI is InChI=1S/C20H12F4N4O/c21-14-6-2-1-5-13(14)16-11-25-19-9-8-15(27-28(16)19)17(29)10-12-4-3-7-18(26-12)20(22,23)24/h1-9,11H,10H2. The normalized spacial score (nSPS) is 11.7. The van der Waals surface area contributed by atoms with Crippen LogP contribution in [0.15, 0.2) is 60.8 Å². The van der Waals surface area contributed by atoms with E-state index < -0.39 is 23.5 Å². The number of pyridine rings is 1. The Hall–Kier alpha value is -3.62. The van der Waals surface area contributed by atoms with E-state index in [1.165, 1.54) is 41.0 Å². The van der Waals surface area contributed by atoms with Crippen LogP contribution >= 0.6 is 0 Å². The molecule has 146 valence electrons. The van der Waals surface area contributed by atoms with E-state index in [2.05, 4.69) is 15.1 Å². The number of Topliss-reactive ketones (excluding diaryl/α,β-unsaturated/α-hetero) is 1. The maximum absolute atomic E-state index is 14.1.